The number of carbonyl (C=O) groups excluding carboxylic acids is 1. The van der Waals surface area contributed by atoms with E-state index in [1.165, 1.54) is 0 Å². The number of aryl methyl sites for hydroxylation is 1. The Bertz CT molecular complexity index is 1050. The van der Waals surface area contributed by atoms with Crippen molar-refractivity contribution in [2.24, 2.45) is 0 Å². The Morgan fingerprint density at radius 2 is 1.96 bits per heavy atom. The summed E-state index contributed by atoms with van der Waals surface area (Å²) in [6, 6.07) is 17.3. The molecule has 0 radical (unpaired) electrons. The van der Waals surface area contributed by atoms with Crippen molar-refractivity contribution in [2.75, 3.05) is 5.32 Å². The van der Waals surface area contributed by atoms with Crippen LogP contribution in [0.15, 0.2) is 72.5 Å². The molecule has 5 nitrogen and oxygen atoms in total. The molecule has 1 N–H and O–H groups in total. The molecule has 0 saturated carbocycles. The lowest BCUT2D eigenvalue weighted by Gasteiger charge is -2.09. The molecule has 0 aliphatic rings. The molecule has 0 spiro atoms. The second kappa shape index (κ2) is 6.93. The van der Waals surface area contributed by atoms with Crippen LogP contribution in [0.25, 0.3) is 16.9 Å². The van der Waals surface area contributed by atoms with Crippen molar-refractivity contribution in [3.05, 3.63) is 83.2 Å². The average molecular weight is 360 g/mol. The van der Waals surface area contributed by atoms with Crippen molar-refractivity contribution in [3.8, 4) is 16.9 Å². The van der Waals surface area contributed by atoms with E-state index in [2.05, 4.69) is 15.3 Å². The first-order valence-corrected chi connectivity index (χ1v) is 9.00. The quantitative estimate of drug-likeness (QED) is 0.580. The minimum atomic E-state index is -0.210. The van der Waals surface area contributed by atoms with Gasteiger partial charge in [-0.3, -0.25) is 9.36 Å². The molecule has 2 heterocycles. The van der Waals surface area contributed by atoms with Gasteiger partial charge in [0, 0.05) is 22.3 Å². The van der Waals surface area contributed by atoms with E-state index < -0.39 is 0 Å². The number of para-hydroxylation sites is 1. The lowest BCUT2D eigenvalue weighted by molar-refractivity contribution is 0.102. The maximum Gasteiger partial charge on any atom is 0.274 e. The highest BCUT2D eigenvalue weighted by Crippen LogP contribution is 2.24. The number of aromatic nitrogens is 3. The number of nitrogens with one attached hydrogen (secondary N) is 1. The second-order valence-corrected chi connectivity index (χ2v) is 6.83. The molecule has 0 unspecified atom stereocenters. The number of carbonyl (C=O) groups is 1. The summed E-state index contributed by atoms with van der Waals surface area (Å²) in [7, 11) is 0. The van der Waals surface area contributed by atoms with E-state index in [1.807, 2.05) is 66.9 Å². The van der Waals surface area contributed by atoms with Gasteiger partial charge in [0.25, 0.3) is 5.91 Å². The van der Waals surface area contributed by atoms with Gasteiger partial charge in [-0.1, -0.05) is 30.3 Å². The number of hydrogen-bond donors (Lipinski definition) is 1. The van der Waals surface area contributed by atoms with Crippen LogP contribution in [0.5, 0.6) is 0 Å². The summed E-state index contributed by atoms with van der Waals surface area (Å²) < 4.78 is 1.77. The normalized spacial score (nSPS) is 10.7. The van der Waals surface area contributed by atoms with E-state index in [-0.39, 0.29) is 5.91 Å². The predicted molar refractivity (Wildman–Crippen MR) is 104 cm³/mol. The summed E-state index contributed by atoms with van der Waals surface area (Å²) in [5, 5.41) is 5.98. The molecule has 128 valence electrons. The molecule has 0 fully saturated rings. The number of hydrogen-bond acceptors (Lipinski definition) is 4. The zero-order valence-corrected chi connectivity index (χ0v) is 14.9. The summed E-state index contributed by atoms with van der Waals surface area (Å²) >= 11 is 1.61. The maximum absolute atomic E-state index is 12.7. The van der Waals surface area contributed by atoms with Gasteiger partial charge in [0.2, 0.25) is 0 Å². The Hall–Kier alpha value is -3.25. The topological polar surface area (TPSA) is 59.8 Å². The van der Waals surface area contributed by atoms with Gasteiger partial charge in [-0.05, 0) is 31.2 Å². The SMILES string of the molecule is Cc1nc(-c2cccc(NC(=O)c3cncn3-c3ccccc3)c2)cs1. The molecule has 4 rings (SSSR count). The highest BCUT2D eigenvalue weighted by molar-refractivity contribution is 7.09. The van der Waals surface area contributed by atoms with Gasteiger partial charge in [-0.15, -0.1) is 11.3 Å². The van der Waals surface area contributed by atoms with Crippen molar-refractivity contribution in [1.29, 1.82) is 0 Å². The summed E-state index contributed by atoms with van der Waals surface area (Å²) in [4.78, 5) is 21.4. The standard InChI is InChI=1S/C20H16N4OS/c1-14-22-18(12-26-14)15-6-5-7-16(10-15)23-20(25)19-11-21-13-24(19)17-8-3-2-4-9-17/h2-13H,1H3,(H,23,25). The van der Waals surface area contributed by atoms with Crippen molar-refractivity contribution >= 4 is 22.9 Å². The molecular weight excluding hydrogens is 344 g/mol. The van der Waals surface area contributed by atoms with E-state index in [1.54, 1.807) is 28.4 Å². The van der Waals surface area contributed by atoms with E-state index in [0.29, 0.717) is 5.69 Å². The van der Waals surface area contributed by atoms with Gasteiger partial charge in [0.15, 0.2) is 0 Å². The lowest BCUT2D eigenvalue weighted by atomic mass is 10.1. The summed E-state index contributed by atoms with van der Waals surface area (Å²) in [6.45, 7) is 1.98. The fraction of sp³-hybridized carbons (Fsp3) is 0.0500. The molecule has 0 aliphatic carbocycles. The Kier molecular flexibility index (Phi) is 4.33. The number of benzene rings is 2. The van der Waals surface area contributed by atoms with Gasteiger partial charge in [0.05, 0.1) is 23.2 Å². The highest BCUT2D eigenvalue weighted by atomic mass is 32.1. The summed E-state index contributed by atoms with van der Waals surface area (Å²) in [6.07, 6.45) is 3.20. The van der Waals surface area contributed by atoms with Crippen molar-refractivity contribution in [3.63, 3.8) is 0 Å². The third-order valence-electron chi connectivity index (χ3n) is 3.94. The van der Waals surface area contributed by atoms with Crippen molar-refractivity contribution < 1.29 is 4.79 Å². The molecule has 26 heavy (non-hydrogen) atoms. The minimum Gasteiger partial charge on any atom is -0.321 e. The predicted octanol–water partition coefficient (Wildman–Crippen LogP) is 4.56. The van der Waals surface area contributed by atoms with Crippen molar-refractivity contribution in [1.82, 2.24) is 14.5 Å². The second-order valence-electron chi connectivity index (χ2n) is 5.77. The number of anilines is 1. The molecule has 0 bridgehead atoms. The van der Waals surface area contributed by atoms with Crippen LogP contribution >= 0.6 is 11.3 Å². The summed E-state index contributed by atoms with van der Waals surface area (Å²) in [5.74, 6) is -0.210. The first-order valence-electron chi connectivity index (χ1n) is 8.12. The number of rotatable bonds is 4. The van der Waals surface area contributed by atoms with Crippen LogP contribution in [0.1, 0.15) is 15.5 Å². The van der Waals surface area contributed by atoms with E-state index >= 15 is 0 Å². The van der Waals surface area contributed by atoms with Gasteiger partial charge in [-0.25, -0.2) is 9.97 Å². The third-order valence-corrected chi connectivity index (χ3v) is 4.71. The Balaban J connectivity index is 1.59. The first-order chi connectivity index (χ1) is 12.7. The van der Waals surface area contributed by atoms with Crippen LogP contribution in [-0.4, -0.2) is 20.4 Å². The van der Waals surface area contributed by atoms with Crippen LogP contribution in [-0.2, 0) is 0 Å². The van der Waals surface area contributed by atoms with Crippen LogP contribution in [0.3, 0.4) is 0 Å². The smallest absolute Gasteiger partial charge is 0.274 e. The van der Waals surface area contributed by atoms with E-state index in [9.17, 15) is 4.79 Å². The zero-order valence-electron chi connectivity index (χ0n) is 14.1. The molecule has 2 aromatic carbocycles. The Labute approximate surface area is 155 Å². The molecule has 0 atom stereocenters. The molecule has 0 aliphatic heterocycles. The Morgan fingerprint density at radius 1 is 1.12 bits per heavy atom. The highest BCUT2D eigenvalue weighted by Gasteiger charge is 2.13. The van der Waals surface area contributed by atoms with E-state index in [4.69, 9.17) is 0 Å². The fourth-order valence-corrected chi connectivity index (χ4v) is 3.33. The maximum atomic E-state index is 12.7. The zero-order chi connectivity index (χ0) is 17.9. The molecule has 2 aromatic heterocycles. The van der Waals surface area contributed by atoms with E-state index in [0.717, 1.165) is 27.6 Å². The molecule has 4 aromatic rings. The fourth-order valence-electron chi connectivity index (χ4n) is 2.70. The summed E-state index contributed by atoms with van der Waals surface area (Å²) in [5.41, 5.74) is 3.98. The number of nitrogens with zero attached hydrogens (tertiary/aromatic N) is 3. The molecule has 6 heteroatoms. The Morgan fingerprint density at radius 3 is 2.73 bits per heavy atom. The largest absolute Gasteiger partial charge is 0.321 e. The monoisotopic (exact) mass is 360 g/mol. The number of thiazole rings is 1. The third kappa shape index (κ3) is 3.27. The first kappa shape index (κ1) is 16.2. The number of imidazole rings is 1. The lowest BCUT2D eigenvalue weighted by Crippen LogP contribution is -2.16. The molecule has 1 amide bonds. The van der Waals surface area contributed by atoms with Crippen LogP contribution in [0, 0.1) is 6.92 Å². The average Bonchev–Trinajstić information content (AvgIpc) is 3.32. The van der Waals surface area contributed by atoms with Crippen LogP contribution in [0.2, 0.25) is 0 Å². The van der Waals surface area contributed by atoms with Crippen LogP contribution < -0.4 is 5.32 Å². The molecule has 0 saturated heterocycles. The minimum absolute atomic E-state index is 0.210. The van der Waals surface area contributed by atoms with Gasteiger partial charge < -0.3 is 5.32 Å². The van der Waals surface area contributed by atoms with Crippen LogP contribution in [0.4, 0.5) is 5.69 Å². The van der Waals surface area contributed by atoms with Gasteiger partial charge >= 0.3 is 0 Å². The van der Waals surface area contributed by atoms with Gasteiger partial charge in [0.1, 0.15) is 5.69 Å². The number of amides is 1. The van der Waals surface area contributed by atoms with Gasteiger partial charge in [-0.2, -0.15) is 0 Å². The molecular formula is C20H16N4OS. The van der Waals surface area contributed by atoms with Crippen molar-refractivity contribution in [2.45, 2.75) is 6.92 Å².